The molecular formula is C17H13NOS. The highest BCUT2D eigenvalue weighted by Crippen LogP contribution is 2.35. The van der Waals surface area contributed by atoms with Gasteiger partial charge in [0.15, 0.2) is 0 Å². The molecule has 3 aromatic rings. The fourth-order valence-corrected chi connectivity index (χ4v) is 3.78. The monoisotopic (exact) mass is 279 g/mol. The predicted molar refractivity (Wildman–Crippen MR) is 83.8 cm³/mol. The maximum absolute atomic E-state index is 12.4. The van der Waals surface area contributed by atoms with Crippen LogP contribution in [0.5, 0.6) is 0 Å². The van der Waals surface area contributed by atoms with Crippen LogP contribution in [0.2, 0.25) is 0 Å². The molecule has 0 spiro atoms. The Labute approximate surface area is 121 Å². The first-order valence-corrected chi connectivity index (χ1v) is 7.69. The van der Waals surface area contributed by atoms with Crippen LogP contribution in [-0.4, -0.2) is 15.4 Å². The number of hydrogen-bond donors (Lipinski definition) is 0. The van der Waals surface area contributed by atoms with Crippen molar-refractivity contribution >= 4 is 27.8 Å². The zero-order valence-electron chi connectivity index (χ0n) is 10.9. The number of fused-ring (bicyclic) bond motifs is 3. The first-order chi connectivity index (χ1) is 9.86. The van der Waals surface area contributed by atoms with E-state index in [-0.39, 0.29) is 5.12 Å². The van der Waals surface area contributed by atoms with Gasteiger partial charge in [0.1, 0.15) is 5.69 Å². The lowest BCUT2D eigenvalue weighted by molar-refractivity contribution is 0.108. The molecule has 2 nitrogen and oxygen atoms in total. The van der Waals surface area contributed by atoms with Crippen molar-refractivity contribution in [3.8, 4) is 5.69 Å². The Morgan fingerprint density at radius 1 is 0.950 bits per heavy atom. The molecule has 1 aliphatic heterocycles. The molecule has 20 heavy (non-hydrogen) atoms. The summed E-state index contributed by atoms with van der Waals surface area (Å²) in [4.78, 5) is 12.4. The number of aromatic nitrogens is 1. The minimum absolute atomic E-state index is 0.186. The number of aryl methyl sites for hydroxylation is 1. The van der Waals surface area contributed by atoms with E-state index in [0.29, 0.717) is 0 Å². The van der Waals surface area contributed by atoms with Crippen LogP contribution >= 0.6 is 11.8 Å². The molecule has 2 heterocycles. The third kappa shape index (κ3) is 1.63. The van der Waals surface area contributed by atoms with Crippen molar-refractivity contribution in [2.45, 2.75) is 6.42 Å². The highest BCUT2D eigenvalue weighted by Gasteiger charge is 2.26. The van der Waals surface area contributed by atoms with Crippen LogP contribution in [-0.2, 0) is 6.42 Å². The number of thioether (sulfide) groups is 1. The summed E-state index contributed by atoms with van der Waals surface area (Å²) in [5.41, 5.74) is 4.24. The Bertz CT molecular complexity index is 804. The van der Waals surface area contributed by atoms with Gasteiger partial charge in [0, 0.05) is 16.8 Å². The van der Waals surface area contributed by atoms with Gasteiger partial charge in [0.2, 0.25) is 5.12 Å². The highest BCUT2D eigenvalue weighted by molar-refractivity contribution is 8.14. The van der Waals surface area contributed by atoms with E-state index in [1.807, 2.05) is 30.3 Å². The van der Waals surface area contributed by atoms with Crippen LogP contribution in [0, 0.1) is 0 Å². The van der Waals surface area contributed by atoms with Crippen molar-refractivity contribution in [3.05, 3.63) is 65.9 Å². The number of rotatable bonds is 1. The van der Waals surface area contributed by atoms with Crippen molar-refractivity contribution in [2.75, 3.05) is 5.75 Å². The number of hydrogen-bond acceptors (Lipinski definition) is 2. The minimum atomic E-state index is 0.186. The van der Waals surface area contributed by atoms with Crippen molar-refractivity contribution in [1.29, 1.82) is 0 Å². The van der Waals surface area contributed by atoms with Crippen LogP contribution in [0.3, 0.4) is 0 Å². The molecule has 3 heteroatoms. The van der Waals surface area contributed by atoms with Gasteiger partial charge in [0.25, 0.3) is 0 Å². The lowest BCUT2D eigenvalue weighted by Crippen LogP contribution is -2.12. The second-order valence-electron chi connectivity index (χ2n) is 4.90. The fourth-order valence-electron chi connectivity index (χ4n) is 2.93. The van der Waals surface area contributed by atoms with Gasteiger partial charge in [-0.25, -0.2) is 0 Å². The molecule has 0 saturated heterocycles. The third-order valence-electron chi connectivity index (χ3n) is 3.77. The predicted octanol–water partition coefficient (Wildman–Crippen LogP) is 4.06. The molecule has 4 rings (SSSR count). The summed E-state index contributed by atoms with van der Waals surface area (Å²) >= 11 is 1.43. The van der Waals surface area contributed by atoms with Gasteiger partial charge in [-0.1, -0.05) is 48.2 Å². The van der Waals surface area contributed by atoms with Crippen LogP contribution in [0.4, 0.5) is 0 Å². The van der Waals surface area contributed by atoms with Gasteiger partial charge >= 0.3 is 0 Å². The van der Waals surface area contributed by atoms with E-state index in [9.17, 15) is 4.79 Å². The Balaban J connectivity index is 2.14. The second kappa shape index (κ2) is 4.53. The minimum Gasteiger partial charge on any atom is -0.306 e. The van der Waals surface area contributed by atoms with Crippen LogP contribution < -0.4 is 0 Å². The normalized spacial score (nSPS) is 14.5. The summed E-state index contributed by atoms with van der Waals surface area (Å²) in [5.74, 6) is 0.884. The van der Waals surface area contributed by atoms with Crippen LogP contribution in [0.1, 0.15) is 16.1 Å². The number of benzene rings is 2. The molecule has 0 saturated carbocycles. The quantitative estimate of drug-likeness (QED) is 0.670. The van der Waals surface area contributed by atoms with Gasteiger partial charge < -0.3 is 4.57 Å². The summed E-state index contributed by atoms with van der Waals surface area (Å²) in [7, 11) is 0. The highest BCUT2D eigenvalue weighted by atomic mass is 32.2. The Morgan fingerprint density at radius 2 is 1.70 bits per heavy atom. The maximum atomic E-state index is 12.4. The zero-order chi connectivity index (χ0) is 13.5. The smallest absolute Gasteiger partial charge is 0.236 e. The van der Waals surface area contributed by atoms with E-state index < -0.39 is 0 Å². The maximum Gasteiger partial charge on any atom is 0.236 e. The first-order valence-electron chi connectivity index (χ1n) is 6.71. The van der Waals surface area contributed by atoms with E-state index in [1.165, 1.54) is 22.7 Å². The van der Waals surface area contributed by atoms with Gasteiger partial charge in [0.05, 0.1) is 5.52 Å². The van der Waals surface area contributed by atoms with Gasteiger partial charge in [-0.05, 0) is 30.2 Å². The van der Waals surface area contributed by atoms with Gasteiger partial charge in [-0.2, -0.15) is 0 Å². The Hall–Kier alpha value is -2.00. The van der Waals surface area contributed by atoms with Gasteiger partial charge in [-0.15, -0.1) is 0 Å². The van der Waals surface area contributed by atoms with E-state index in [2.05, 4.69) is 28.8 Å². The van der Waals surface area contributed by atoms with E-state index in [4.69, 9.17) is 0 Å². The van der Waals surface area contributed by atoms with Crippen LogP contribution in [0.25, 0.3) is 16.6 Å². The standard InChI is InChI=1S/C17H13NOS/c19-17-16-14(10-11-20-17)13-8-4-5-9-15(13)18(16)12-6-2-1-3-7-12/h1-9H,10-11H2. The fraction of sp³-hybridized carbons (Fsp3) is 0.118. The molecule has 0 radical (unpaired) electrons. The van der Waals surface area contributed by atoms with Crippen molar-refractivity contribution < 1.29 is 4.79 Å². The first kappa shape index (κ1) is 11.8. The zero-order valence-corrected chi connectivity index (χ0v) is 11.7. The van der Waals surface area contributed by atoms with Crippen molar-refractivity contribution in [2.24, 2.45) is 0 Å². The van der Waals surface area contributed by atoms with Crippen molar-refractivity contribution in [1.82, 2.24) is 4.57 Å². The molecule has 0 atom stereocenters. The molecule has 2 aromatic carbocycles. The average Bonchev–Trinajstić information content (AvgIpc) is 2.84. The largest absolute Gasteiger partial charge is 0.306 e. The third-order valence-corrected chi connectivity index (χ3v) is 4.64. The topological polar surface area (TPSA) is 22.0 Å². The second-order valence-corrected chi connectivity index (χ2v) is 5.97. The average molecular weight is 279 g/mol. The molecule has 98 valence electrons. The lowest BCUT2D eigenvalue weighted by Gasteiger charge is -2.14. The summed E-state index contributed by atoms with van der Waals surface area (Å²) in [6.45, 7) is 0. The summed E-state index contributed by atoms with van der Waals surface area (Å²) in [5, 5.41) is 1.39. The summed E-state index contributed by atoms with van der Waals surface area (Å²) in [6, 6.07) is 18.4. The van der Waals surface area contributed by atoms with Crippen molar-refractivity contribution in [3.63, 3.8) is 0 Å². The molecule has 1 aliphatic rings. The molecule has 1 aromatic heterocycles. The number of carbonyl (C=O) groups excluding carboxylic acids is 1. The van der Waals surface area contributed by atoms with Gasteiger partial charge in [-0.3, -0.25) is 4.79 Å². The summed E-state index contributed by atoms with van der Waals surface area (Å²) < 4.78 is 2.11. The Morgan fingerprint density at radius 3 is 2.55 bits per heavy atom. The molecule has 0 fully saturated rings. The lowest BCUT2D eigenvalue weighted by atomic mass is 10.1. The molecule has 0 bridgehead atoms. The molecule has 0 amide bonds. The van der Waals surface area contributed by atoms with Crippen LogP contribution in [0.15, 0.2) is 54.6 Å². The van der Waals surface area contributed by atoms with E-state index in [1.54, 1.807) is 0 Å². The molecular weight excluding hydrogens is 266 g/mol. The molecule has 0 aliphatic carbocycles. The van der Waals surface area contributed by atoms with E-state index in [0.717, 1.165) is 29.1 Å². The SMILES string of the molecule is O=C1SCCc2c1n(-c1ccccc1)c1ccccc21. The Kier molecular flexibility index (Phi) is 2.67. The number of carbonyl (C=O) groups is 1. The number of para-hydroxylation sites is 2. The number of nitrogens with zero attached hydrogens (tertiary/aromatic N) is 1. The summed E-state index contributed by atoms with van der Waals surface area (Å²) in [6.07, 6.45) is 0.964. The molecule has 0 unspecified atom stereocenters. The molecule has 0 N–H and O–H groups in total. The van der Waals surface area contributed by atoms with E-state index >= 15 is 0 Å².